The summed E-state index contributed by atoms with van der Waals surface area (Å²) < 4.78 is 18.5. The van der Waals surface area contributed by atoms with E-state index in [2.05, 4.69) is 14.9 Å². The van der Waals surface area contributed by atoms with Gasteiger partial charge in [0.1, 0.15) is 23.1 Å². The van der Waals surface area contributed by atoms with Gasteiger partial charge in [-0.1, -0.05) is 0 Å². The first-order chi connectivity index (χ1) is 11.1. The second-order valence-corrected chi connectivity index (χ2v) is 5.48. The third-order valence-corrected chi connectivity index (χ3v) is 3.98. The summed E-state index contributed by atoms with van der Waals surface area (Å²) >= 11 is 0. The van der Waals surface area contributed by atoms with Gasteiger partial charge in [0.2, 0.25) is 0 Å². The molecule has 0 spiro atoms. The van der Waals surface area contributed by atoms with Crippen molar-refractivity contribution in [2.24, 2.45) is 0 Å². The molecule has 1 N–H and O–H groups in total. The van der Waals surface area contributed by atoms with Gasteiger partial charge in [-0.2, -0.15) is 0 Å². The second kappa shape index (κ2) is 6.28. The fourth-order valence-electron chi connectivity index (χ4n) is 2.76. The number of methoxy groups -OCH3 is 1. The van der Waals surface area contributed by atoms with E-state index in [4.69, 9.17) is 4.74 Å². The first-order valence-electron chi connectivity index (χ1n) is 7.48. The molecule has 0 unspecified atom stereocenters. The number of halogens is 1. The molecule has 2 heterocycles. The van der Waals surface area contributed by atoms with Crippen molar-refractivity contribution in [3.05, 3.63) is 41.7 Å². The van der Waals surface area contributed by atoms with Crippen molar-refractivity contribution in [2.45, 2.75) is 6.92 Å². The lowest BCUT2D eigenvalue weighted by Gasteiger charge is -2.36. The van der Waals surface area contributed by atoms with Crippen molar-refractivity contribution in [3.63, 3.8) is 0 Å². The molecule has 1 saturated heterocycles. The molecule has 122 valence electrons. The van der Waals surface area contributed by atoms with Crippen LogP contribution in [0, 0.1) is 12.7 Å². The maximum Gasteiger partial charge on any atom is 0.272 e. The van der Waals surface area contributed by atoms with Gasteiger partial charge in [-0.05, 0) is 19.1 Å². The number of aromatic amines is 1. The fraction of sp³-hybridized carbons (Fsp3) is 0.375. The van der Waals surface area contributed by atoms with Gasteiger partial charge in [-0.3, -0.25) is 4.79 Å². The van der Waals surface area contributed by atoms with Gasteiger partial charge in [0, 0.05) is 32.2 Å². The Labute approximate surface area is 133 Å². The zero-order chi connectivity index (χ0) is 16.4. The van der Waals surface area contributed by atoms with E-state index in [1.165, 1.54) is 19.2 Å². The molecular weight excluding hydrogens is 299 g/mol. The molecule has 0 saturated carbocycles. The highest BCUT2D eigenvalue weighted by molar-refractivity contribution is 5.92. The van der Waals surface area contributed by atoms with Crippen molar-refractivity contribution in [3.8, 4) is 5.75 Å². The number of anilines is 1. The van der Waals surface area contributed by atoms with E-state index in [0.29, 0.717) is 37.6 Å². The summed E-state index contributed by atoms with van der Waals surface area (Å²) in [5.41, 5.74) is 1.36. The number of benzene rings is 1. The number of hydrogen-bond acceptors (Lipinski definition) is 4. The highest BCUT2D eigenvalue weighted by Crippen LogP contribution is 2.29. The molecule has 3 rings (SSSR count). The van der Waals surface area contributed by atoms with Crippen LogP contribution in [0.3, 0.4) is 0 Å². The van der Waals surface area contributed by atoms with E-state index in [1.54, 1.807) is 17.2 Å². The van der Waals surface area contributed by atoms with Crippen molar-refractivity contribution in [1.29, 1.82) is 0 Å². The van der Waals surface area contributed by atoms with E-state index < -0.39 is 0 Å². The van der Waals surface area contributed by atoms with Crippen LogP contribution in [0.25, 0.3) is 0 Å². The van der Waals surface area contributed by atoms with Gasteiger partial charge >= 0.3 is 0 Å². The van der Waals surface area contributed by atoms with Gasteiger partial charge in [-0.15, -0.1) is 0 Å². The summed E-state index contributed by atoms with van der Waals surface area (Å²) in [5, 5.41) is 0. The predicted octanol–water partition coefficient (Wildman–Crippen LogP) is 1.83. The highest BCUT2D eigenvalue weighted by atomic mass is 19.1. The standard InChI is InChI=1S/C16H19FN4O2/c1-11-18-10-13(19-11)16(22)21-7-5-20(6-8-21)14-4-3-12(17)9-15(14)23-2/h3-4,9-10H,5-8H2,1-2H3,(H,18,19). The lowest BCUT2D eigenvalue weighted by atomic mass is 10.2. The monoisotopic (exact) mass is 318 g/mol. The van der Waals surface area contributed by atoms with Crippen LogP contribution in [0.4, 0.5) is 10.1 Å². The SMILES string of the molecule is COc1cc(F)ccc1N1CCN(C(=O)c2cnc(C)[nH]2)CC1. The Hall–Kier alpha value is -2.57. The molecule has 0 atom stereocenters. The Morgan fingerprint density at radius 1 is 1.30 bits per heavy atom. The summed E-state index contributed by atoms with van der Waals surface area (Å²) in [4.78, 5) is 23.3. The molecule has 0 radical (unpaired) electrons. The number of piperazine rings is 1. The number of nitrogens with zero attached hydrogens (tertiary/aromatic N) is 3. The maximum absolute atomic E-state index is 13.3. The second-order valence-electron chi connectivity index (χ2n) is 5.48. The molecule has 1 fully saturated rings. The Balaban J connectivity index is 1.68. The van der Waals surface area contributed by atoms with Gasteiger partial charge < -0.3 is 19.5 Å². The van der Waals surface area contributed by atoms with Crippen LogP contribution < -0.4 is 9.64 Å². The van der Waals surface area contributed by atoms with Gasteiger partial charge in [0.15, 0.2) is 0 Å². The molecule has 23 heavy (non-hydrogen) atoms. The molecule has 1 aliphatic rings. The van der Waals surface area contributed by atoms with E-state index in [1.807, 2.05) is 6.92 Å². The van der Waals surface area contributed by atoms with Crippen LogP contribution in [0.2, 0.25) is 0 Å². The average Bonchev–Trinajstić information content (AvgIpc) is 3.00. The topological polar surface area (TPSA) is 61.5 Å². The van der Waals surface area contributed by atoms with E-state index in [0.717, 1.165) is 11.5 Å². The molecular formula is C16H19FN4O2. The highest BCUT2D eigenvalue weighted by Gasteiger charge is 2.24. The number of carbonyl (C=O) groups is 1. The number of ether oxygens (including phenoxy) is 1. The number of aryl methyl sites for hydroxylation is 1. The van der Waals surface area contributed by atoms with Crippen LogP contribution >= 0.6 is 0 Å². The van der Waals surface area contributed by atoms with E-state index in [-0.39, 0.29) is 11.7 Å². The first-order valence-corrected chi connectivity index (χ1v) is 7.48. The smallest absolute Gasteiger partial charge is 0.272 e. The number of nitrogens with one attached hydrogen (secondary N) is 1. The lowest BCUT2D eigenvalue weighted by molar-refractivity contribution is 0.0741. The lowest BCUT2D eigenvalue weighted by Crippen LogP contribution is -2.49. The maximum atomic E-state index is 13.3. The van der Waals surface area contributed by atoms with E-state index >= 15 is 0 Å². The Kier molecular flexibility index (Phi) is 4.18. The van der Waals surface area contributed by atoms with Crippen molar-refractivity contribution in [2.75, 3.05) is 38.2 Å². The normalized spacial score (nSPS) is 14.9. The summed E-state index contributed by atoms with van der Waals surface area (Å²) in [6.07, 6.45) is 1.56. The predicted molar refractivity (Wildman–Crippen MR) is 84.4 cm³/mol. The molecule has 2 aromatic rings. The number of H-pyrrole nitrogens is 1. The summed E-state index contributed by atoms with van der Waals surface area (Å²) in [6, 6.07) is 4.51. The Morgan fingerprint density at radius 2 is 2.04 bits per heavy atom. The summed E-state index contributed by atoms with van der Waals surface area (Å²) in [5.74, 6) is 0.863. The molecule has 1 aliphatic heterocycles. The van der Waals surface area contributed by atoms with Gasteiger partial charge in [0.05, 0.1) is 19.0 Å². The minimum atomic E-state index is -0.325. The molecule has 0 bridgehead atoms. The van der Waals surface area contributed by atoms with Crippen molar-refractivity contribution < 1.29 is 13.9 Å². The van der Waals surface area contributed by atoms with Crippen LogP contribution in [0.15, 0.2) is 24.4 Å². The number of aromatic nitrogens is 2. The zero-order valence-corrected chi connectivity index (χ0v) is 13.2. The fourth-order valence-corrected chi connectivity index (χ4v) is 2.76. The quantitative estimate of drug-likeness (QED) is 0.938. The largest absolute Gasteiger partial charge is 0.494 e. The average molecular weight is 318 g/mol. The number of carbonyl (C=O) groups excluding carboxylic acids is 1. The van der Waals surface area contributed by atoms with Crippen LogP contribution in [-0.4, -0.2) is 54.1 Å². The molecule has 7 heteroatoms. The molecule has 1 aromatic heterocycles. The molecule has 0 aliphatic carbocycles. The molecule has 6 nitrogen and oxygen atoms in total. The van der Waals surface area contributed by atoms with Gasteiger partial charge in [-0.25, -0.2) is 9.37 Å². The van der Waals surface area contributed by atoms with Crippen LogP contribution in [0.1, 0.15) is 16.3 Å². The van der Waals surface area contributed by atoms with Crippen LogP contribution in [0.5, 0.6) is 5.75 Å². The Bertz CT molecular complexity index is 708. The number of rotatable bonds is 3. The van der Waals surface area contributed by atoms with E-state index in [9.17, 15) is 9.18 Å². The third-order valence-electron chi connectivity index (χ3n) is 3.98. The zero-order valence-electron chi connectivity index (χ0n) is 13.2. The third kappa shape index (κ3) is 3.13. The minimum Gasteiger partial charge on any atom is -0.494 e. The number of amides is 1. The number of hydrogen-bond donors (Lipinski definition) is 1. The molecule has 1 amide bonds. The summed E-state index contributed by atoms with van der Waals surface area (Å²) in [7, 11) is 1.53. The Morgan fingerprint density at radius 3 is 2.65 bits per heavy atom. The summed E-state index contributed by atoms with van der Waals surface area (Å²) in [6.45, 7) is 4.34. The number of imidazole rings is 1. The molecule has 1 aromatic carbocycles. The van der Waals surface area contributed by atoms with Crippen molar-refractivity contribution in [1.82, 2.24) is 14.9 Å². The van der Waals surface area contributed by atoms with Gasteiger partial charge in [0.25, 0.3) is 5.91 Å². The van der Waals surface area contributed by atoms with Crippen LogP contribution in [-0.2, 0) is 0 Å². The minimum absolute atomic E-state index is 0.0451. The first kappa shape index (κ1) is 15.3. The van der Waals surface area contributed by atoms with Crippen molar-refractivity contribution >= 4 is 11.6 Å².